The van der Waals surface area contributed by atoms with Gasteiger partial charge in [0.25, 0.3) is 0 Å². The van der Waals surface area contributed by atoms with Crippen LogP contribution in [0.25, 0.3) is 0 Å². The van der Waals surface area contributed by atoms with Gasteiger partial charge in [-0.2, -0.15) is 0 Å². The molecule has 0 aromatic heterocycles. The van der Waals surface area contributed by atoms with Crippen LogP contribution in [0.4, 0.5) is 0 Å². The zero-order valence-electron chi connectivity index (χ0n) is 11.7. The maximum atomic E-state index is 3.68. The van der Waals surface area contributed by atoms with Crippen molar-refractivity contribution < 1.29 is 0 Å². The summed E-state index contributed by atoms with van der Waals surface area (Å²) in [5.74, 6) is 0.996. The molecule has 0 bridgehead atoms. The summed E-state index contributed by atoms with van der Waals surface area (Å²) in [6.07, 6.45) is 9.84. The van der Waals surface area contributed by atoms with Gasteiger partial charge in [-0.05, 0) is 37.8 Å². The predicted molar refractivity (Wildman–Crippen MR) is 78.8 cm³/mol. The quantitative estimate of drug-likeness (QED) is 0.793. The summed E-state index contributed by atoms with van der Waals surface area (Å²) in [4.78, 5) is 0. The van der Waals surface area contributed by atoms with Gasteiger partial charge in [0.05, 0.1) is 0 Å². The highest BCUT2D eigenvalue weighted by Crippen LogP contribution is 2.25. The molecule has 0 saturated heterocycles. The van der Waals surface area contributed by atoms with Crippen molar-refractivity contribution in [3.05, 3.63) is 35.9 Å². The molecule has 0 spiro atoms. The fourth-order valence-corrected chi connectivity index (χ4v) is 3.05. The highest BCUT2D eigenvalue weighted by atomic mass is 14.9. The second kappa shape index (κ2) is 7.58. The highest BCUT2D eigenvalue weighted by molar-refractivity contribution is 5.15. The molecule has 1 aromatic rings. The highest BCUT2D eigenvalue weighted by Gasteiger charge is 2.13. The van der Waals surface area contributed by atoms with Crippen LogP contribution in [0.1, 0.15) is 51.0 Å². The van der Waals surface area contributed by atoms with Gasteiger partial charge >= 0.3 is 0 Å². The Morgan fingerprint density at radius 2 is 1.83 bits per heavy atom. The Morgan fingerprint density at radius 3 is 2.56 bits per heavy atom. The average molecular weight is 245 g/mol. The van der Waals surface area contributed by atoms with Crippen LogP contribution in [-0.4, -0.2) is 12.6 Å². The minimum absolute atomic E-state index is 0.594. The minimum atomic E-state index is 0.594. The van der Waals surface area contributed by atoms with Crippen LogP contribution in [-0.2, 0) is 6.42 Å². The molecule has 2 rings (SSSR count). The Bertz CT molecular complexity index is 314. The lowest BCUT2D eigenvalue weighted by Crippen LogP contribution is -2.30. The van der Waals surface area contributed by atoms with Gasteiger partial charge in [0.1, 0.15) is 0 Å². The predicted octanol–water partition coefficient (Wildman–Crippen LogP) is 4.18. The van der Waals surface area contributed by atoms with Crippen molar-refractivity contribution in [3.8, 4) is 0 Å². The number of hydrogen-bond acceptors (Lipinski definition) is 1. The first-order chi connectivity index (χ1) is 8.84. The summed E-state index contributed by atoms with van der Waals surface area (Å²) >= 11 is 0. The van der Waals surface area contributed by atoms with Gasteiger partial charge in [0, 0.05) is 6.04 Å². The lowest BCUT2D eigenvalue weighted by Gasteiger charge is -2.22. The van der Waals surface area contributed by atoms with Gasteiger partial charge in [-0.25, -0.2) is 0 Å². The summed E-state index contributed by atoms with van der Waals surface area (Å²) in [5.41, 5.74) is 1.44. The monoisotopic (exact) mass is 245 g/mol. The van der Waals surface area contributed by atoms with E-state index in [1.54, 1.807) is 0 Å². The molecule has 1 aliphatic carbocycles. The summed E-state index contributed by atoms with van der Waals surface area (Å²) < 4.78 is 0. The first-order valence-electron chi connectivity index (χ1n) is 7.62. The summed E-state index contributed by atoms with van der Waals surface area (Å²) in [6.45, 7) is 3.49. The zero-order valence-corrected chi connectivity index (χ0v) is 11.7. The fourth-order valence-electron chi connectivity index (χ4n) is 3.05. The molecule has 1 unspecified atom stereocenters. The lowest BCUT2D eigenvalue weighted by molar-refractivity contribution is 0.329. The average Bonchev–Trinajstić information content (AvgIpc) is 2.41. The largest absolute Gasteiger partial charge is 0.314 e. The van der Waals surface area contributed by atoms with E-state index in [1.807, 2.05) is 0 Å². The van der Waals surface area contributed by atoms with Crippen LogP contribution in [0, 0.1) is 5.92 Å². The molecule has 1 fully saturated rings. The van der Waals surface area contributed by atoms with E-state index in [1.165, 1.54) is 50.6 Å². The first kappa shape index (κ1) is 13.6. The van der Waals surface area contributed by atoms with Gasteiger partial charge < -0.3 is 5.32 Å². The Labute approximate surface area is 112 Å². The number of nitrogens with one attached hydrogen (secondary N) is 1. The van der Waals surface area contributed by atoms with E-state index in [9.17, 15) is 0 Å². The molecule has 1 N–H and O–H groups in total. The molecule has 100 valence electrons. The fraction of sp³-hybridized carbons (Fsp3) is 0.647. The molecule has 0 aliphatic heterocycles. The molecule has 1 aliphatic rings. The smallest absolute Gasteiger partial charge is 0.00791 e. The van der Waals surface area contributed by atoms with Crippen LogP contribution in [0.3, 0.4) is 0 Å². The van der Waals surface area contributed by atoms with Crippen LogP contribution in [0.2, 0.25) is 0 Å². The normalized spacial score (nSPS) is 18.7. The third kappa shape index (κ3) is 4.81. The van der Waals surface area contributed by atoms with Crippen molar-refractivity contribution in [1.29, 1.82) is 0 Å². The van der Waals surface area contributed by atoms with Crippen molar-refractivity contribution >= 4 is 0 Å². The van der Waals surface area contributed by atoms with Gasteiger partial charge in [-0.1, -0.05) is 62.4 Å². The second-order valence-electron chi connectivity index (χ2n) is 5.84. The molecule has 18 heavy (non-hydrogen) atoms. The van der Waals surface area contributed by atoms with E-state index < -0.39 is 0 Å². The lowest BCUT2D eigenvalue weighted by atomic mass is 9.87. The standard InChI is InChI=1S/C17H27N/c1-15(14-17-10-6-3-7-11-17)18-13-12-16-8-4-2-5-9-16/h3,6-7,10-11,15-16,18H,2,4-5,8-9,12-14H2,1H3. The molecule has 0 radical (unpaired) electrons. The molecule has 1 nitrogen and oxygen atoms in total. The molecule has 1 saturated carbocycles. The van der Waals surface area contributed by atoms with Crippen LogP contribution < -0.4 is 5.32 Å². The van der Waals surface area contributed by atoms with Crippen molar-refractivity contribution in [2.45, 2.75) is 57.9 Å². The number of rotatable bonds is 6. The summed E-state index contributed by atoms with van der Waals surface area (Å²) in [7, 11) is 0. The first-order valence-corrected chi connectivity index (χ1v) is 7.62. The Morgan fingerprint density at radius 1 is 1.11 bits per heavy atom. The minimum Gasteiger partial charge on any atom is -0.314 e. The maximum Gasteiger partial charge on any atom is 0.00791 e. The zero-order chi connectivity index (χ0) is 12.6. The third-order valence-corrected chi connectivity index (χ3v) is 4.15. The van der Waals surface area contributed by atoms with Crippen LogP contribution in [0.5, 0.6) is 0 Å². The third-order valence-electron chi connectivity index (χ3n) is 4.15. The Balaban J connectivity index is 1.61. The number of benzene rings is 1. The maximum absolute atomic E-state index is 3.68. The molecule has 0 heterocycles. The van der Waals surface area contributed by atoms with E-state index in [4.69, 9.17) is 0 Å². The SMILES string of the molecule is CC(Cc1ccccc1)NCCC1CCCCC1. The topological polar surface area (TPSA) is 12.0 Å². The summed E-state index contributed by atoms with van der Waals surface area (Å²) in [5, 5.41) is 3.68. The molecular weight excluding hydrogens is 218 g/mol. The van der Waals surface area contributed by atoms with E-state index >= 15 is 0 Å². The van der Waals surface area contributed by atoms with Gasteiger partial charge in [0.15, 0.2) is 0 Å². The Kier molecular flexibility index (Phi) is 5.73. The van der Waals surface area contributed by atoms with Gasteiger partial charge in [0.2, 0.25) is 0 Å². The molecule has 0 amide bonds. The van der Waals surface area contributed by atoms with Crippen molar-refractivity contribution in [3.63, 3.8) is 0 Å². The van der Waals surface area contributed by atoms with E-state index in [-0.39, 0.29) is 0 Å². The second-order valence-corrected chi connectivity index (χ2v) is 5.84. The molecule has 1 heteroatoms. The van der Waals surface area contributed by atoms with Crippen molar-refractivity contribution in [2.75, 3.05) is 6.54 Å². The Hall–Kier alpha value is -0.820. The van der Waals surface area contributed by atoms with Crippen LogP contribution >= 0.6 is 0 Å². The molecule has 1 atom stereocenters. The molecule has 1 aromatic carbocycles. The van der Waals surface area contributed by atoms with Gasteiger partial charge in [-0.15, -0.1) is 0 Å². The van der Waals surface area contributed by atoms with E-state index in [0.717, 1.165) is 12.3 Å². The number of hydrogen-bond donors (Lipinski definition) is 1. The van der Waals surface area contributed by atoms with E-state index in [2.05, 4.69) is 42.6 Å². The van der Waals surface area contributed by atoms with Crippen molar-refractivity contribution in [1.82, 2.24) is 5.32 Å². The van der Waals surface area contributed by atoms with E-state index in [0.29, 0.717) is 6.04 Å². The summed E-state index contributed by atoms with van der Waals surface area (Å²) in [6, 6.07) is 11.4. The van der Waals surface area contributed by atoms with Gasteiger partial charge in [-0.3, -0.25) is 0 Å². The van der Waals surface area contributed by atoms with Crippen molar-refractivity contribution in [2.24, 2.45) is 5.92 Å². The molecular formula is C17H27N. The van der Waals surface area contributed by atoms with Crippen LogP contribution in [0.15, 0.2) is 30.3 Å².